The van der Waals surface area contributed by atoms with Crippen LogP contribution in [0.3, 0.4) is 0 Å². The van der Waals surface area contributed by atoms with Gasteiger partial charge in [-0.3, -0.25) is 4.90 Å². The van der Waals surface area contributed by atoms with Gasteiger partial charge in [0.1, 0.15) is 0 Å². The molecule has 2 rings (SSSR count). The van der Waals surface area contributed by atoms with Crippen molar-refractivity contribution in [2.45, 2.75) is 26.3 Å². The number of likely N-dealkylation sites (N-methyl/N-ethyl adjacent to an activating group) is 1. The molecular weight excluding hydrogens is 224 g/mol. The van der Waals surface area contributed by atoms with Crippen LogP contribution in [0.2, 0.25) is 0 Å². The second kappa shape index (κ2) is 6.76. The third kappa shape index (κ3) is 3.47. The van der Waals surface area contributed by atoms with E-state index in [2.05, 4.69) is 41.4 Å². The average molecular weight is 248 g/mol. The van der Waals surface area contributed by atoms with Crippen molar-refractivity contribution in [1.82, 2.24) is 4.90 Å². The molecule has 1 N–H and O–H groups in total. The maximum atomic E-state index is 5.43. The van der Waals surface area contributed by atoms with Gasteiger partial charge in [-0.05, 0) is 31.5 Å². The van der Waals surface area contributed by atoms with E-state index in [9.17, 15) is 0 Å². The standard InChI is InChI=1S/C15H24N2O/c1-3-17(9-10-18-4-2)12-14-11-13-7-5-6-8-15(13)16-14/h5-8,14,16H,3-4,9-12H2,1-2H3. The number of ether oxygens (including phenoxy) is 1. The molecule has 18 heavy (non-hydrogen) atoms. The number of rotatable bonds is 7. The Labute approximate surface area is 110 Å². The summed E-state index contributed by atoms with van der Waals surface area (Å²) in [5.74, 6) is 0. The first-order valence-corrected chi connectivity index (χ1v) is 6.98. The molecule has 0 saturated heterocycles. The van der Waals surface area contributed by atoms with Crippen LogP contribution in [-0.4, -0.2) is 43.8 Å². The van der Waals surface area contributed by atoms with E-state index in [4.69, 9.17) is 4.74 Å². The molecule has 3 nitrogen and oxygen atoms in total. The van der Waals surface area contributed by atoms with E-state index >= 15 is 0 Å². The summed E-state index contributed by atoms with van der Waals surface area (Å²) in [5, 5.41) is 3.61. The van der Waals surface area contributed by atoms with Gasteiger partial charge in [0.25, 0.3) is 0 Å². The van der Waals surface area contributed by atoms with Gasteiger partial charge in [-0.2, -0.15) is 0 Å². The van der Waals surface area contributed by atoms with Gasteiger partial charge in [0, 0.05) is 31.4 Å². The van der Waals surface area contributed by atoms with Crippen LogP contribution in [0, 0.1) is 0 Å². The summed E-state index contributed by atoms with van der Waals surface area (Å²) in [6.45, 7) is 9.12. The number of hydrogen-bond donors (Lipinski definition) is 1. The molecule has 0 fully saturated rings. The van der Waals surface area contributed by atoms with Gasteiger partial charge in [0.15, 0.2) is 0 Å². The fourth-order valence-corrected chi connectivity index (χ4v) is 2.51. The molecule has 0 aliphatic carbocycles. The van der Waals surface area contributed by atoms with Crippen LogP contribution in [0.1, 0.15) is 19.4 Å². The lowest BCUT2D eigenvalue weighted by Gasteiger charge is -2.24. The van der Waals surface area contributed by atoms with Crippen molar-refractivity contribution in [2.24, 2.45) is 0 Å². The predicted molar refractivity (Wildman–Crippen MR) is 76.2 cm³/mol. The van der Waals surface area contributed by atoms with Gasteiger partial charge in [0.05, 0.1) is 6.61 Å². The molecule has 1 heterocycles. The Morgan fingerprint density at radius 1 is 1.33 bits per heavy atom. The van der Waals surface area contributed by atoms with Gasteiger partial charge in [-0.1, -0.05) is 25.1 Å². The molecule has 1 aliphatic heterocycles. The zero-order chi connectivity index (χ0) is 12.8. The molecule has 1 aliphatic rings. The molecule has 0 spiro atoms. The van der Waals surface area contributed by atoms with Gasteiger partial charge in [-0.15, -0.1) is 0 Å². The van der Waals surface area contributed by atoms with E-state index in [1.807, 2.05) is 6.92 Å². The first-order chi connectivity index (χ1) is 8.83. The van der Waals surface area contributed by atoms with Crippen molar-refractivity contribution in [3.63, 3.8) is 0 Å². The molecule has 100 valence electrons. The minimum absolute atomic E-state index is 0.545. The molecule has 0 radical (unpaired) electrons. The fourth-order valence-electron chi connectivity index (χ4n) is 2.51. The van der Waals surface area contributed by atoms with Crippen molar-refractivity contribution < 1.29 is 4.74 Å². The summed E-state index contributed by atoms with van der Waals surface area (Å²) in [6.07, 6.45) is 1.14. The molecule has 0 bridgehead atoms. The largest absolute Gasteiger partial charge is 0.380 e. The Kier molecular flexibility index (Phi) is 5.02. The van der Waals surface area contributed by atoms with Crippen LogP contribution >= 0.6 is 0 Å². The Morgan fingerprint density at radius 3 is 2.89 bits per heavy atom. The number of para-hydroxylation sites is 1. The highest BCUT2D eigenvalue weighted by atomic mass is 16.5. The van der Waals surface area contributed by atoms with Crippen molar-refractivity contribution >= 4 is 5.69 Å². The lowest BCUT2D eigenvalue weighted by atomic mass is 10.1. The van der Waals surface area contributed by atoms with Crippen LogP contribution in [0.15, 0.2) is 24.3 Å². The highest BCUT2D eigenvalue weighted by molar-refractivity contribution is 5.56. The summed E-state index contributed by atoms with van der Waals surface area (Å²) in [7, 11) is 0. The van der Waals surface area contributed by atoms with Crippen LogP contribution in [0.5, 0.6) is 0 Å². The first kappa shape index (κ1) is 13.4. The van der Waals surface area contributed by atoms with E-state index in [0.29, 0.717) is 6.04 Å². The van der Waals surface area contributed by atoms with E-state index in [1.54, 1.807) is 0 Å². The van der Waals surface area contributed by atoms with Crippen LogP contribution in [0.4, 0.5) is 5.69 Å². The molecule has 1 unspecified atom stereocenters. The van der Waals surface area contributed by atoms with E-state index in [1.165, 1.54) is 11.3 Å². The summed E-state index contributed by atoms with van der Waals surface area (Å²) in [4.78, 5) is 2.46. The maximum absolute atomic E-state index is 5.43. The second-order valence-corrected chi connectivity index (χ2v) is 4.79. The van der Waals surface area contributed by atoms with Gasteiger partial charge < -0.3 is 10.1 Å². The van der Waals surface area contributed by atoms with E-state index in [-0.39, 0.29) is 0 Å². The number of anilines is 1. The minimum Gasteiger partial charge on any atom is -0.380 e. The van der Waals surface area contributed by atoms with E-state index < -0.39 is 0 Å². The molecule has 1 aromatic rings. The molecule has 0 amide bonds. The summed E-state index contributed by atoms with van der Waals surface area (Å²) >= 11 is 0. The molecule has 3 heteroatoms. The Balaban J connectivity index is 1.80. The highest BCUT2D eigenvalue weighted by Crippen LogP contribution is 2.25. The predicted octanol–water partition coefficient (Wildman–Crippen LogP) is 2.38. The monoisotopic (exact) mass is 248 g/mol. The normalized spacial score (nSPS) is 17.8. The maximum Gasteiger partial charge on any atom is 0.0593 e. The van der Waals surface area contributed by atoms with Crippen molar-refractivity contribution in [1.29, 1.82) is 0 Å². The van der Waals surface area contributed by atoms with Crippen LogP contribution < -0.4 is 5.32 Å². The van der Waals surface area contributed by atoms with Crippen LogP contribution in [-0.2, 0) is 11.2 Å². The first-order valence-electron chi connectivity index (χ1n) is 6.98. The zero-order valence-corrected chi connectivity index (χ0v) is 11.5. The third-order valence-electron chi connectivity index (χ3n) is 3.53. The molecule has 1 atom stereocenters. The summed E-state index contributed by atoms with van der Waals surface area (Å²) in [5.41, 5.74) is 2.76. The van der Waals surface area contributed by atoms with Crippen molar-refractivity contribution in [3.05, 3.63) is 29.8 Å². The Hall–Kier alpha value is -1.06. The van der Waals surface area contributed by atoms with Crippen molar-refractivity contribution in [3.8, 4) is 0 Å². The SMILES string of the molecule is CCOCCN(CC)CC1Cc2ccccc2N1. The summed E-state index contributed by atoms with van der Waals surface area (Å²) < 4.78 is 5.43. The molecule has 0 saturated carbocycles. The van der Waals surface area contributed by atoms with Gasteiger partial charge >= 0.3 is 0 Å². The number of hydrogen-bond acceptors (Lipinski definition) is 3. The minimum atomic E-state index is 0.545. The fraction of sp³-hybridized carbons (Fsp3) is 0.600. The number of nitrogens with zero attached hydrogens (tertiary/aromatic N) is 1. The Bertz CT molecular complexity index is 342. The second-order valence-electron chi connectivity index (χ2n) is 4.79. The van der Waals surface area contributed by atoms with Crippen molar-refractivity contribution in [2.75, 3.05) is 38.2 Å². The average Bonchev–Trinajstić information content (AvgIpc) is 2.80. The summed E-state index contributed by atoms with van der Waals surface area (Å²) in [6, 6.07) is 9.16. The molecule has 0 aromatic heterocycles. The van der Waals surface area contributed by atoms with Gasteiger partial charge in [0.2, 0.25) is 0 Å². The van der Waals surface area contributed by atoms with E-state index in [0.717, 1.165) is 39.3 Å². The molecule has 1 aromatic carbocycles. The third-order valence-corrected chi connectivity index (χ3v) is 3.53. The van der Waals surface area contributed by atoms with Crippen LogP contribution in [0.25, 0.3) is 0 Å². The number of benzene rings is 1. The lowest BCUT2D eigenvalue weighted by molar-refractivity contribution is 0.114. The smallest absolute Gasteiger partial charge is 0.0593 e. The Morgan fingerprint density at radius 2 is 2.17 bits per heavy atom. The molecular formula is C15H24N2O. The number of fused-ring (bicyclic) bond motifs is 1. The quantitative estimate of drug-likeness (QED) is 0.750. The lowest BCUT2D eigenvalue weighted by Crippen LogP contribution is -2.37. The highest BCUT2D eigenvalue weighted by Gasteiger charge is 2.21. The zero-order valence-electron chi connectivity index (χ0n) is 11.5. The van der Waals surface area contributed by atoms with Gasteiger partial charge in [-0.25, -0.2) is 0 Å². The topological polar surface area (TPSA) is 24.5 Å². The number of nitrogens with one attached hydrogen (secondary N) is 1.